The number of hydrogen-bond acceptors (Lipinski definition) is 4. The first-order valence-electron chi connectivity index (χ1n) is 5.86. The molecule has 0 aliphatic heterocycles. The molecule has 1 rings (SSSR count). The van der Waals surface area contributed by atoms with Gasteiger partial charge in [0.2, 0.25) is 0 Å². The predicted molar refractivity (Wildman–Crippen MR) is 69.7 cm³/mol. The number of aliphatic carboxylic acids is 2. The van der Waals surface area contributed by atoms with E-state index in [1.54, 1.807) is 29.2 Å². The average Bonchev–Trinajstić information content (AvgIpc) is 2.38. The lowest BCUT2D eigenvalue weighted by Crippen LogP contribution is -2.29. The van der Waals surface area contributed by atoms with Crippen LogP contribution in [0.1, 0.15) is 12.8 Å². The van der Waals surface area contributed by atoms with Gasteiger partial charge >= 0.3 is 11.9 Å². The van der Waals surface area contributed by atoms with Crippen molar-refractivity contribution in [3.8, 4) is 5.75 Å². The highest BCUT2D eigenvalue weighted by Crippen LogP contribution is 2.27. The smallest absolute Gasteiger partial charge is 0.305 e. The summed E-state index contributed by atoms with van der Waals surface area (Å²) < 4.78 is 5.20. The van der Waals surface area contributed by atoms with Crippen molar-refractivity contribution < 1.29 is 24.5 Å². The Kier molecular flexibility index (Phi) is 5.66. The molecule has 0 aromatic heterocycles. The molecule has 0 amide bonds. The summed E-state index contributed by atoms with van der Waals surface area (Å²) in [5, 5.41) is 17.5. The van der Waals surface area contributed by atoms with Gasteiger partial charge in [-0.05, 0) is 12.1 Å². The summed E-state index contributed by atoms with van der Waals surface area (Å²) in [5.74, 6) is -1.25. The number of carboxylic acid groups (broad SMARTS) is 2. The van der Waals surface area contributed by atoms with Crippen LogP contribution in [0.25, 0.3) is 0 Å². The van der Waals surface area contributed by atoms with Crippen molar-refractivity contribution in [1.82, 2.24) is 0 Å². The minimum absolute atomic E-state index is 0.0579. The van der Waals surface area contributed by atoms with E-state index in [0.29, 0.717) is 11.4 Å². The standard InChI is InChI=1S/C13H17NO5/c1-19-11-5-3-2-4-10(11)14(8-6-12(15)16)9-7-13(17)18/h2-5H,6-9H2,1H3,(H,15,16)(H,17,18). The predicted octanol–water partition coefficient (Wildman–Crippen LogP) is 1.45. The van der Waals surface area contributed by atoms with Gasteiger partial charge in [0.15, 0.2) is 0 Å². The molecule has 0 spiro atoms. The van der Waals surface area contributed by atoms with Crippen molar-refractivity contribution >= 4 is 17.6 Å². The zero-order valence-electron chi connectivity index (χ0n) is 10.7. The van der Waals surface area contributed by atoms with Gasteiger partial charge in [-0.15, -0.1) is 0 Å². The first-order chi connectivity index (χ1) is 9.04. The minimum atomic E-state index is -0.921. The summed E-state index contributed by atoms with van der Waals surface area (Å²) in [6, 6.07) is 7.13. The highest BCUT2D eigenvalue weighted by Gasteiger charge is 2.14. The molecule has 0 saturated carbocycles. The summed E-state index contributed by atoms with van der Waals surface area (Å²) in [7, 11) is 1.52. The Bertz CT molecular complexity index is 428. The Hall–Kier alpha value is -2.24. The Morgan fingerprint density at radius 1 is 1.11 bits per heavy atom. The van der Waals surface area contributed by atoms with Gasteiger partial charge in [0.25, 0.3) is 0 Å². The van der Waals surface area contributed by atoms with Gasteiger partial charge in [0, 0.05) is 13.1 Å². The normalized spacial score (nSPS) is 9.95. The van der Waals surface area contributed by atoms with Gasteiger partial charge in [-0.1, -0.05) is 12.1 Å². The number of rotatable bonds is 8. The molecule has 0 aliphatic rings. The molecule has 6 heteroatoms. The molecule has 0 heterocycles. The van der Waals surface area contributed by atoms with Crippen LogP contribution < -0.4 is 9.64 Å². The Morgan fingerprint density at radius 2 is 1.63 bits per heavy atom. The van der Waals surface area contributed by atoms with Gasteiger partial charge in [-0.3, -0.25) is 9.59 Å². The number of anilines is 1. The van der Waals surface area contributed by atoms with Crippen LogP contribution in [-0.2, 0) is 9.59 Å². The molecule has 0 saturated heterocycles. The fourth-order valence-electron chi connectivity index (χ4n) is 1.70. The second-order valence-corrected chi connectivity index (χ2v) is 3.95. The van der Waals surface area contributed by atoms with Crippen molar-refractivity contribution in [2.24, 2.45) is 0 Å². The van der Waals surface area contributed by atoms with Crippen molar-refractivity contribution in [3.63, 3.8) is 0 Å². The maximum Gasteiger partial charge on any atom is 0.305 e. The number of methoxy groups -OCH3 is 1. The molecule has 1 aromatic rings. The fraction of sp³-hybridized carbons (Fsp3) is 0.385. The van der Waals surface area contributed by atoms with E-state index >= 15 is 0 Å². The van der Waals surface area contributed by atoms with E-state index in [4.69, 9.17) is 14.9 Å². The number of benzene rings is 1. The second kappa shape index (κ2) is 7.25. The summed E-state index contributed by atoms with van der Waals surface area (Å²) in [6.45, 7) is 0.478. The fourth-order valence-corrected chi connectivity index (χ4v) is 1.70. The number of para-hydroxylation sites is 2. The summed E-state index contributed by atoms with van der Waals surface area (Å²) in [6.07, 6.45) is -0.116. The van der Waals surface area contributed by atoms with Gasteiger partial charge in [-0.25, -0.2) is 0 Å². The van der Waals surface area contributed by atoms with Crippen molar-refractivity contribution in [2.45, 2.75) is 12.8 Å². The molecule has 0 bridgehead atoms. The van der Waals surface area contributed by atoms with Gasteiger partial charge in [0.1, 0.15) is 5.75 Å². The lowest BCUT2D eigenvalue weighted by molar-refractivity contribution is -0.137. The molecule has 2 N–H and O–H groups in total. The molecule has 0 atom stereocenters. The van der Waals surface area contributed by atoms with E-state index in [-0.39, 0.29) is 25.9 Å². The maximum atomic E-state index is 10.7. The van der Waals surface area contributed by atoms with Crippen molar-refractivity contribution in [3.05, 3.63) is 24.3 Å². The van der Waals surface area contributed by atoms with Crippen LogP contribution in [0.2, 0.25) is 0 Å². The molecule has 1 aromatic carbocycles. The molecule has 0 unspecified atom stereocenters. The van der Waals surface area contributed by atoms with Crippen LogP contribution in [0.5, 0.6) is 5.75 Å². The third-order valence-electron chi connectivity index (χ3n) is 2.62. The number of carboxylic acids is 2. The first kappa shape index (κ1) is 14.8. The quantitative estimate of drug-likeness (QED) is 0.741. The Morgan fingerprint density at radius 3 is 2.11 bits per heavy atom. The van der Waals surface area contributed by atoms with Crippen molar-refractivity contribution in [2.75, 3.05) is 25.1 Å². The third kappa shape index (κ3) is 4.87. The first-order valence-corrected chi connectivity index (χ1v) is 5.86. The molecule has 0 fully saturated rings. The number of hydrogen-bond donors (Lipinski definition) is 2. The van der Waals surface area contributed by atoms with Gasteiger partial charge in [0.05, 0.1) is 25.6 Å². The summed E-state index contributed by atoms with van der Waals surface area (Å²) >= 11 is 0. The average molecular weight is 267 g/mol. The van der Waals surface area contributed by atoms with Gasteiger partial charge < -0.3 is 19.8 Å². The summed E-state index contributed by atoms with van der Waals surface area (Å²) in [4.78, 5) is 23.0. The lowest BCUT2D eigenvalue weighted by atomic mass is 10.2. The number of carbonyl (C=O) groups is 2. The topological polar surface area (TPSA) is 87.1 Å². The zero-order valence-corrected chi connectivity index (χ0v) is 10.7. The molecular weight excluding hydrogens is 250 g/mol. The van der Waals surface area contributed by atoms with Crippen LogP contribution in [-0.4, -0.2) is 42.4 Å². The van der Waals surface area contributed by atoms with E-state index in [1.165, 1.54) is 7.11 Å². The molecule has 6 nitrogen and oxygen atoms in total. The third-order valence-corrected chi connectivity index (χ3v) is 2.62. The van der Waals surface area contributed by atoms with Crippen LogP contribution in [0.3, 0.4) is 0 Å². The molecule has 19 heavy (non-hydrogen) atoms. The molecular formula is C13H17NO5. The van der Waals surface area contributed by atoms with Crippen molar-refractivity contribution in [1.29, 1.82) is 0 Å². The zero-order chi connectivity index (χ0) is 14.3. The Labute approximate surface area is 111 Å². The van der Waals surface area contributed by atoms with E-state index in [0.717, 1.165) is 0 Å². The lowest BCUT2D eigenvalue weighted by Gasteiger charge is -2.25. The monoisotopic (exact) mass is 267 g/mol. The van der Waals surface area contributed by atoms with E-state index in [9.17, 15) is 9.59 Å². The largest absolute Gasteiger partial charge is 0.495 e. The molecule has 0 aliphatic carbocycles. The molecule has 0 radical (unpaired) electrons. The maximum absolute atomic E-state index is 10.7. The van der Waals surface area contributed by atoms with Gasteiger partial charge in [-0.2, -0.15) is 0 Å². The van der Waals surface area contributed by atoms with E-state index in [2.05, 4.69) is 0 Å². The van der Waals surface area contributed by atoms with Crippen LogP contribution in [0.4, 0.5) is 5.69 Å². The molecule has 104 valence electrons. The van der Waals surface area contributed by atoms with E-state index < -0.39 is 11.9 Å². The van der Waals surface area contributed by atoms with E-state index in [1.807, 2.05) is 0 Å². The minimum Gasteiger partial charge on any atom is -0.495 e. The number of ether oxygens (including phenoxy) is 1. The second-order valence-electron chi connectivity index (χ2n) is 3.95. The highest BCUT2D eigenvalue weighted by molar-refractivity contribution is 5.70. The van der Waals surface area contributed by atoms with Crippen LogP contribution in [0, 0.1) is 0 Å². The van der Waals surface area contributed by atoms with Crippen LogP contribution in [0.15, 0.2) is 24.3 Å². The van der Waals surface area contributed by atoms with Crippen LogP contribution >= 0.6 is 0 Å². The highest BCUT2D eigenvalue weighted by atomic mass is 16.5. The SMILES string of the molecule is COc1ccccc1N(CCC(=O)O)CCC(=O)O. The Balaban J connectivity index is 2.86. The summed E-state index contributed by atoms with van der Waals surface area (Å²) in [5.41, 5.74) is 0.701. The number of nitrogens with zero attached hydrogens (tertiary/aromatic N) is 1.